The third kappa shape index (κ3) is 3.22. The molecule has 1 aromatic rings. The minimum Gasteiger partial charge on any atom is -0.491 e. The van der Waals surface area contributed by atoms with E-state index in [9.17, 15) is 5.11 Å². The Kier molecular flexibility index (Phi) is 3.80. The van der Waals surface area contributed by atoms with E-state index in [0.717, 1.165) is 38.1 Å². The first-order valence-electron chi connectivity index (χ1n) is 5.89. The Morgan fingerprint density at radius 2 is 2.00 bits per heavy atom. The molecule has 0 aliphatic carbocycles. The van der Waals surface area contributed by atoms with E-state index < -0.39 is 5.60 Å². The maximum atomic E-state index is 10.3. The number of ether oxygens (including phenoxy) is 1. The minimum atomic E-state index is -0.667. The van der Waals surface area contributed by atoms with Crippen LogP contribution in [0.15, 0.2) is 30.3 Å². The van der Waals surface area contributed by atoms with Gasteiger partial charge in [0.05, 0.1) is 5.60 Å². The SMILES string of the molecule is OC1(COc2ccccc2)CCCNCC1. The first kappa shape index (κ1) is 11.4. The molecule has 2 rings (SSSR count). The summed E-state index contributed by atoms with van der Waals surface area (Å²) in [6.07, 6.45) is 2.58. The molecule has 1 saturated heterocycles. The molecular weight excluding hydrogens is 202 g/mol. The molecule has 1 atom stereocenters. The van der Waals surface area contributed by atoms with Gasteiger partial charge in [-0.1, -0.05) is 18.2 Å². The predicted molar refractivity (Wildman–Crippen MR) is 63.6 cm³/mol. The number of hydrogen-bond donors (Lipinski definition) is 2. The number of aliphatic hydroxyl groups is 1. The molecule has 1 aliphatic rings. The zero-order chi connectivity index (χ0) is 11.3. The van der Waals surface area contributed by atoms with Crippen LogP contribution in [0.1, 0.15) is 19.3 Å². The molecule has 3 heteroatoms. The molecule has 1 unspecified atom stereocenters. The van der Waals surface area contributed by atoms with Gasteiger partial charge in [-0.05, 0) is 44.5 Å². The van der Waals surface area contributed by atoms with Crippen molar-refractivity contribution in [1.82, 2.24) is 5.32 Å². The maximum Gasteiger partial charge on any atom is 0.119 e. The number of benzene rings is 1. The van der Waals surface area contributed by atoms with Crippen molar-refractivity contribution in [2.45, 2.75) is 24.9 Å². The Bertz CT molecular complexity index is 305. The van der Waals surface area contributed by atoms with E-state index in [-0.39, 0.29) is 0 Å². The minimum absolute atomic E-state index is 0.388. The van der Waals surface area contributed by atoms with Gasteiger partial charge in [-0.25, -0.2) is 0 Å². The Balaban J connectivity index is 1.88. The van der Waals surface area contributed by atoms with Crippen molar-refractivity contribution in [3.8, 4) is 5.75 Å². The average Bonchev–Trinajstić information content (AvgIpc) is 2.54. The molecule has 0 saturated carbocycles. The fourth-order valence-electron chi connectivity index (χ4n) is 1.99. The van der Waals surface area contributed by atoms with E-state index in [2.05, 4.69) is 5.32 Å². The highest BCUT2D eigenvalue weighted by Gasteiger charge is 2.28. The van der Waals surface area contributed by atoms with Gasteiger partial charge in [0, 0.05) is 0 Å². The van der Waals surface area contributed by atoms with Crippen molar-refractivity contribution in [3.05, 3.63) is 30.3 Å². The van der Waals surface area contributed by atoms with Crippen LogP contribution in [-0.2, 0) is 0 Å². The zero-order valence-electron chi connectivity index (χ0n) is 9.48. The number of para-hydroxylation sites is 1. The predicted octanol–water partition coefficient (Wildman–Crippen LogP) is 1.57. The summed E-state index contributed by atoms with van der Waals surface area (Å²) in [6, 6.07) is 9.66. The molecule has 2 N–H and O–H groups in total. The van der Waals surface area contributed by atoms with Gasteiger partial charge in [0.25, 0.3) is 0 Å². The second-order valence-electron chi connectivity index (χ2n) is 4.43. The van der Waals surface area contributed by atoms with Crippen LogP contribution in [0.25, 0.3) is 0 Å². The molecule has 1 aliphatic heterocycles. The molecule has 0 radical (unpaired) electrons. The highest BCUT2D eigenvalue weighted by Crippen LogP contribution is 2.21. The van der Waals surface area contributed by atoms with Gasteiger partial charge in [-0.2, -0.15) is 0 Å². The first-order chi connectivity index (χ1) is 7.79. The first-order valence-corrected chi connectivity index (χ1v) is 5.89. The third-order valence-electron chi connectivity index (χ3n) is 3.01. The maximum absolute atomic E-state index is 10.3. The van der Waals surface area contributed by atoms with Crippen LogP contribution in [0.2, 0.25) is 0 Å². The van der Waals surface area contributed by atoms with Crippen molar-refractivity contribution >= 4 is 0 Å². The van der Waals surface area contributed by atoms with Crippen LogP contribution in [0.3, 0.4) is 0 Å². The smallest absolute Gasteiger partial charge is 0.119 e. The molecule has 0 aromatic heterocycles. The number of hydrogen-bond acceptors (Lipinski definition) is 3. The Morgan fingerprint density at radius 3 is 2.81 bits per heavy atom. The van der Waals surface area contributed by atoms with E-state index in [1.807, 2.05) is 30.3 Å². The normalized spacial score (nSPS) is 26.1. The lowest BCUT2D eigenvalue weighted by Gasteiger charge is -2.26. The summed E-state index contributed by atoms with van der Waals surface area (Å²) in [5.74, 6) is 0.827. The number of nitrogens with one attached hydrogen (secondary N) is 1. The van der Waals surface area contributed by atoms with Gasteiger partial charge in [0.2, 0.25) is 0 Å². The summed E-state index contributed by atoms with van der Waals surface area (Å²) in [7, 11) is 0. The Hall–Kier alpha value is -1.06. The fraction of sp³-hybridized carbons (Fsp3) is 0.538. The van der Waals surface area contributed by atoms with Gasteiger partial charge >= 0.3 is 0 Å². The number of rotatable bonds is 3. The van der Waals surface area contributed by atoms with Crippen LogP contribution < -0.4 is 10.1 Å². The summed E-state index contributed by atoms with van der Waals surface area (Å²) in [5, 5.41) is 13.6. The van der Waals surface area contributed by atoms with Gasteiger partial charge in [-0.15, -0.1) is 0 Å². The van der Waals surface area contributed by atoms with Gasteiger partial charge in [-0.3, -0.25) is 0 Å². The molecule has 3 nitrogen and oxygen atoms in total. The molecule has 0 bridgehead atoms. The van der Waals surface area contributed by atoms with Crippen LogP contribution >= 0.6 is 0 Å². The molecule has 0 amide bonds. The Morgan fingerprint density at radius 1 is 1.19 bits per heavy atom. The summed E-state index contributed by atoms with van der Waals surface area (Å²) in [5.41, 5.74) is -0.667. The van der Waals surface area contributed by atoms with E-state index in [4.69, 9.17) is 4.74 Å². The fourth-order valence-corrected chi connectivity index (χ4v) is 1.99. The van der Waals surface area contributed by atoms with Gasteiger partial charge in [0.15, 0.2) is 0 Å². The quantitative estimate of drug-likeness (QED) is 0.814. The lowest BCUT2D eigenvalue weighted by atomic mass is 9.96. The summed E-state index contributed by atoms with van der Waals surface area (Å²) >= 11 is 0. The largest absolute Gasteiger partial charge is 0.491 e. The highest BCUT2D eigenvalue weighted by atomic mass is 16.5. The lowest BCUT2D eigenvalue weighted by molar-refractivity contribution is -0.0147. The Labute approximate surface area is 96.4 Å². The molecule has 1 heterocycles. The zero-order valence-corrected chi connectivity index (χ0v) is 9.48. The van der Waals surface area contributed by atoms with E-state index in [1.165, 1.54) is 0 Å². The van der Waals surface area contributed by atoms with E-state index >= 15 is 0 Å². The topological polar surface area (TPSA) is 41.5 Å². The van der Waals surface area contributed by atoms with E-state index in [1.54, 1.807) is 0 Å². The van der Waals surface area contributed by atoms with E-state index in [0.29, 0.717) is 6.61 Å². The molecule has 1 aromatic carbocycles. The lowest BCUT2D eigenvalue weighted by Crippen LogP contribution is -2.36. The highest BCUT2D eigenvalue weighted by molar-refractivity contribution is 5.21. The van der Waals surface area contributed by atoms with Crippen LogP contribution in [-0.4, -0.2) is 30.4 Å². The standard InChI is InChI=1S/C13H19NO2/c15-13(7-4-9-14-10-8-13)11-16-12-5-2-1-3-6-12/h1-3,5-6,14-15H,4,7-11H2. The average molecular weight is 221 g/mol. The second-order valence-corrected chi connectivity index (χ2v) is 4.43. The summed E-state index contributed by atoms with van der Waals surface area (Å²) in [4.78, 5) is 0. The summed E-state index contributed by atoms with van der Waals surface area (Å²) < 4.78 is 5.63. The van der Waals surface area contributed by atoms with Crippen LogP contribution in [0.5, 0.6) is 5.75 Å². The third-order valence-corrected chi connectivity index (χ3v) is 3.01. The van der Waals surface area contributed by atoms with Crippen molar-refractivity contribution in [1.29, 1.82) is 0 Å². The van der Waals surface area contributed by atoms with Crippen LogP contribution in [0, 0.1) is 0 Å². The van der Waals surface area contributed by atoms with Crippen molar-refractivity contribution in [2.24, 2.45) is 0 Å². The molecule has 16 heavy (non-hydrogen) atoms. The molecule has 88 valence electrons. The molecule has 0 spiro atoms. The second kappa shape index (κ2) is 5.32. The van der Waals surface area contributed by atoms with Crippen molar-refractivity contribution in [3.63, 3.8) is 0 Å². The van der Waals surface area contributed by atoms with Crippen LogP contribution in [0.4, 0.5) is 0 Å². The monoisotopic (exact) mass is 221 g/mol. The molecule has 1 fully saturated rings. The van der Waals surface area contributed by atoms with Gasteiger partial charge in [0.1, 0.15) is 12.4 Å². The van der Waals surface area contributed by atoms with Crippen molar-refractivity contribution < 1.29 is 9.84 Å². The van der Waals surface area contributed by atoms with Gasteiger partial charge < -0.3 is 15.2 Å². The summed E-state index contributed by atoms with van der Waals surface area (Å²) in [6.45, 7) is 2.25. The molecular formula is C13H19NO2. The van der Waals surface area contributed by atoms with Crippen molar-refractivity contribution in [2.75, 3.05) is 19.7 Å².